The highest BCUT2D eigenvalue weighted by atomic mass is 16.1. The number of hydrogen-bond donors (Lipinski definition) is 2. The molecule has 0 spiro atoms. The number of nitrogens with one attached hydrogen (secondary N) is 1. The van der Waals surface area contributed by atoms with Crippen LogP contribution < -0.4 is 11.3 Å². The zero-order chi connectivity index (χ0) is 10.6. The first-order valence-electron chi connectivity index (χ1n) is 4.55. The van der Waals surface area contributed by atoms with Crippen LogP contribution in [0.5, 0.6) is 0 Å². The molecule has 0 atom stereocenters. The van der Waals surface area contributed by atoms with Crippen molar-refractivity contribution < 1.29 is 0 Å². The van der Waals surface area contributed by atoms with Crippen LogP contribution in [0.2, 0.25) is 0 Å². The molecule has 5 nitrogen and oxygen atoms in total. The van der Waals surface area contributed by atoms with Gasteiger partial charge in [0.15, 0.2) is 0 Å². The molecule has 1 aromatic heterocycles. The van der Waals surface area contributed by atoms with Gasteiger partial charge in [-0.05, 0) is 14.1 Å². The lowest BCUT2D eigenvalue weighted by atomic mass is 10.3. The van der Waals surface area contributed by atoms with Gasteiger partial charge in [0.1, 0.15) is 5.82 Å². The van der Waals surface area contributed by atoms with Gasteiger partial charge in [0.05, 0.1) is 0 Å². The molecule has 0 radical (unpaired) electrons. The lowest BCUT2D eigenvalue weighted by Gasteiger charge is -2.08. The minimum Gasteiger partial charge on any atom is -0.326 e. The molecule has 0 aliphatic rings. The normalized spacial score (nSPS) is 10.9. The van der Waals surface area contributed by atoms with Crippen LogP contribution >= 0.6 is 0 Å². The molecule has 0 aromatic carbocycles. The maximum atomic E-state index is 11.3. The fourth-order valence-electron chi connectivity index (χ4n) is 1.06. The highest BCUT2D eigenvalue weighted by Crippen LogP contribution is 1.91. The van der Waals surface area contributed by atoms with Crippen LogP contribution in [0.3, 0.4) is 0 Å². The predicted molar refractivity (Wildman–Crippen MR) is 55.0 cm³/mol. The third kappa shape index (κ3) is 2.93. The highest BCUT2D eigenvalue weighted by Gasteiger charge is 2.01. The van der Waals surface area contributed by atoms with Crippen molar-refractivity contribution >= 4 is 0 Å². The monoisotopic (exact) mass is 196 g/mol. The van der Waals surface area contributed by atoms with E-state index in [1.54, 1.807) is 6.20 Å². The van der Waals surface area contributed by atoms with E-state index in [2.05, 4.69) is 9.97 Å². The Morgan fingerprint density at radius 1 is 1.57 bits per heavy atom. The second kappa shape index (κ2) is 4.88. The lowest BCUT2D eigenvalue weighted by Crippen LogP contribution is -2.22. The van der Waals surface area contributed by atoms with Crippen LogP contribution in [0, 0.1) is 0 Å². The Hall–Kier alpha value is -1.20. The average molecular weight is 196 g/mol. The zero-order valence-electron chi connectivity index (χ0n) is 8.58. The summed E-state index contributed by atoms with van der Waals surface area (Å²) in [6.45, 7) is 1.10. The van der Waals surface area contributed by atoms with Gasteiger partial charge >= 0.3 is 0 Å². The fraction of sp³-hybridized carbons (Fsp3) is 0.556. The van der Waals surface area contributed by atoms with Crippen LogP contribution in [0.15, 0.2) is 11.0 Å². The van der Waals surface area contributed by atoms with E-state index in [0.29, 0.717) is 11.4 Å². The molecule has 0 bridgehead atoms. The van der Waals surface area contributed by atoms with Crippen molar-refractivity contribution in [1.29, 1.82) is 0 Å². The first-order valence-corrected chi connectivity index (χ1v) is 4.55. The molecule has 1 aromatic rings. The Bertz CT molecular complexity index is 345. The molecule has 0 fully saturated rings. The van der Waals surface area contributed by atoms with Crippen molar-refractivity contribution in [3.8, 4) is 0 Å². The Morgan fingerprint density at radius 2 is 2.29 bits per heavy atom. The van der Waals surface area contributed by atoms with Crippen molar-refractivity contribution in [2.45, 2.75) is 13.0 Å². The molecular weight excluding hydrogens is 180 g/mol. The lowest BCUT2D eigenvalue weighted by molar-refractivity contribution is 0.409. The Labute approximate surface area is 83.0 Å². The van der Waals surface area contributed by atoms with Gasteiger partial charge in [-0.15, -0.1) is 0 Å². The quantitative estimate of drug-likeness (QED) is 0.670. The molecule has 1 rings (SSSR count). The minimum atomic E-state index is -0.128. The number of aromatic amines is 1. The van der Waals surface area contributed by atoms with Crippen molar-refractivity contribution in [3.63, 3.8) is 0 Å². The summed E-state index contributed by atoms with van der Waals surface area (Å²) in [4.78, 5) is 20.2. The van der Waals surface area contributed by atoms with Crippen molar-refractivity contribution in [2.75, 3.05) is 20.6 Å². The predicted octanol–water partition coefficient (Wildman–Crippen LogP) is -0.667. The van der Waals surface area contributed by atoms with Gasteiger partial charge in [-0.25, -0.2) is 4.98 Å². The largest absolute Gasteiger partial charge is 0.326 e. The van der Waals surface area contributed by atoms with Crippen molar-refractivity contribution in [1.82, 2.24) is 14.9 Å². The van der Waals surface area contributed by atoms with Crippen molar-refractivity contribution in [2.24, 2.45) is 5.73 Å². The summed E-state index contributed by atoms with van der Waals surface area (Å²) >= 11 is 0. The summed E-state index contributed by atoms with van der Waals surface area (Å²) in [5.41, 5.74) is 5.75. The van der Waals surface area contributed by atoms with Gasteiger partial charge in [0.2, 0.25) is 0 Å². The SMILES string of the molecule is CN(C)CCc1ncc(CN)c(=O)[nH]1. The second-order valence-corrected chi connectivity index (χ2v) is 3.44. The van der Waals surface area contributed by atoms with E-state index >= 15 is 0 Å². The van der Waals surface area contributed by atoms with E-state index in [1.165, 1.54) is 0 Å². The topological polar surface area (TPSA) is 75.0 Å². The van der Waals surface area contributed by atoms with Gasteiger partial charge < -0.3 is 15.6 Å². The average Bonchev–Trinajstić information content (AvgIpc) is 2.15. The highest BCUT2D eigenvalue weighted by molar-refractivity contribution is 5.05. The fourth-order valence-corrected chi connectivity index (χ4v) is 1.06. The standard InChI is InChI=1S/C9H16N4O/c1-13(2)4-3-8-11-6-7(5-10)9(14)12-8/h6H,3-5,10H2,1-2H3,(H,11,12,14). The number of nitrogens with two attached hydrogens (primary N) is 1. The van der Waals surface area contributed by atoms with Crippen molar-refractivity contribution in [3.05, 3.63) is 27.9 Å². The molecule has 14 heavy (non-hydrogen) atoms. The van der Waals surface area contributed by atoms with Gasteiger partial charge in [0, 0.05) is 31.3 Å². The minimum absolute atomic E-state index is 0.128. The first kappa shape index (κ1) is 10.9. The summed E-state index contributed by atoms with van der Waals surface area (Å²) in [5, 5.41) is 0. The Kier molecular flexibility index (Phi) is 3.79. The zero-order valence-corrected chi connectivity index (χ0v) is 8.58. The van der Waals surface area contributed by atoms with Gasteiger partial charge in [-0.3, -0.25) is 4.79 Å². The number of H-pyrrole nitrogens is 1. The molecule has 0 unspecified atom stereocenters. The number of aromatic nitrogens is 2. The second-order valence-electron chi connectivity index (χ2n) is 3.44. The first-order chi connectivity index (χ1) is 6.63. The molecule has 78 valence electrons. The van der Waals surface area contributed by atoms with E-state index in [9.17, 15) is 4.79 Å². The molecule has 0 saturated heterocycles. The van der Waals surface area contributed by atoms with Crippen LogP contribution in [-0.2, 0) is 13.0 Å². The van der Waals surface area contributed by atoms with E-state index in [1.807, 2.05) is 19.0 Å². The maximum Gasteiger partial charge on any atom is 0.255 e. The molecule has 1 heterocycles. The number of likely N-dealkylation sites (N-methyl/N-ethyl adjacent to an activating group) is 1. The summed E-state index contributed by atoms with van der Waals surface area (Å²) in [5.74, 6) is 0.709. The third-order valence-corrected chi connectivity index (χ3v) is 1.94. The van der Waals surface area contributed by atoms with Gasteiger partial charge in [-0.2, -0.15) is 0 Å². The summed E-state index contributed by atoms with van der Waals surface area (Å²) in [6, 6.07) is 0. The van der Waals surface area contributed by atoms with Crippen LogP contribution in [-0.4, -0.2) is 35.5 Å². The molecule has 0 aliphatic heterocycles. The van der Waals surface area contributed by atoms with Crippen LogP contribution in [0.4, 0.5) is 0 Å². The van der Waals surface area contributed by atoms with E-state index in [4.69, 9.17) is 5.73 Å². The molecule has 0 aliphatic carbocycles. The van der Waals surface area contributed by atoms with Crippen LogP contribution in [0.1, 0.15) is 11.4 Å². The van der Waals surface area contributed by atoms with Crippen LogP contribution in [0.25, 0.3) is 0 Å². The van der Waals surface area contributed by atoms with Gasteiger partial charge in [0.25, 0.3) is 5.56 Å². The summed E-state index contributed by atoms with van der Waals surface area (Å²) in [7, 11) is 3.96. The van der Waals surface area contributed by atoms with E-state index in [-0.39, 0.29) is 12.1 Å². The van der Waals surface area contributed by atoms with E-state index in [0.717, 1.165) is 13.0 Å². The molecule has 0 saturated carbocycles. The summed E-state index contributed by atoms with van der Waals surface area (Å²) < 4.78 is 0. The number of hydrogen-bond acceptors (Lipinski definition) is 4. The maximum absolute atomic E-state index is 11.3. The van der Waals surface area contributed by atoms with Gasteiger partial charge in [-0.1, -0.05) is 0 Å². The molecule has 0 amide bonds. The number of rotatable bonds is 4. The smallest absolute Gasteiger partial charge is 0.255 e. The Morgan fingerprint density at radius 3 is 2.79 bits per heavy atom. The number of nitrogens with zero attached hydrogens (tertiary/aromatic N) is 2. The summed E-state index contributed by atoms with van der Waals surface area (Å²) in [6.07, 6.45) is 2.29. The molecule has 5 heteroatoms. The molecular formula is C9H16N4O. The third-order valence-electron chi connectivity index (χ3n) is 1.94. The van der Waals surface area contributed by atoms with E-state index < -0.39 is 0 Å². The Balaban J connectivity index is 2.72. The molecule has 3 N–H and O–H groups in total.